The van der Waals surface area contributed by atoms with Gasteiger partial charge < -0.3 is 23.7 Å². The topological polar surface area (TPSA) is 80.5 Å². The van der Waals surface area contributed by atoms with Crippen LogP contribution >= 0.6 is 11.3 Å². The van der Waals surface area contributed by atoms with Crippen LogP contribution in [0.3, 0.4) is 0 Å². The minimum atomic E-state index is -0.376. The molecule has 3 aliphatic rings. The summed E-state index contributed by atoms with van der Waals surface area (Å²) in [6, 6.07) is 27.3. The van der Waals surface area contributed by atoms with E-state index >= 15 is 0 Å². The van der Waals surface area contributed by atoms with Crippen LogP contribution in [-0.4, -0.2) is 25.6 Å². The summed E-state index contributed by atoms with van der Waals surface area (Å²) >= 11 is 1.40. The maximum absolute atomic E-state index is 14.2. The molecule has 9 heteroatoms. The number of allylic oxidation sites excluding steroid dienone is 1. The third-order valence-corrected chi connectivity index (χ3v) is 9.61. The number of methoxy groups -OCH3 is 2. The van der Waals surface area contributed by atoms with Gasteiger partial charge >= 0.3 is 0 Å². The highest BCUT2D eigenvalue weighted by atomic mass is 32.1. The van der Waals surface area contributed by atoms with Crippen molar-refractivity contribution in [1.82, 2.24) is 4.57 Å². The van der Waals surface area contributed by atoms with Crippen molar-refractivity contribution >= 4 is 23.1 Å². The fourth-order valence-electron chi connectivity index (χ4n) is 6.36. The molecule has 2 aliphatic heterocycles. The van der Waals surface area contributed by atoms with Crippen molar-refractivity contribution in [2.75, 3.05) is 21.0 Å². The van der Waals surface area contributed by atoms with Gasteiger partial charge in [-0.05, 0) is 83.6 Å². The lowest BCUT2D eigenvalue weighted by atomic mass is 9.83. The van der Waals surface area contributed by atoms with Crippen LogP contribution in [0.4, 0.5) is 0 Å². The molecule has 46 heavy (non-hydrogen) atoms. The van der Waals surface area contributed by atoms with E-state index in [9.17, 15) is 4.79 Å². The number of benzene rings is 4. The van der Waals surface area contributed by atoms with Gasteiger partial charge in [-0.3, -0.25) is 9.36 Å². The van der Waals surface area contributed by atoms with Crippen LogP contribution in [0.2, 0.25) is 0 Å². The van der Waals surface area contributed by atoms with Gasteiger partial charge in [-0.15, -0.1) is 0 Å². The summed E-state index contributed by atoms with van der Waals surface area (Å²) in [6.45, 7) is 0.640. The smallest absolute Gasteiger partial charge is 0.271 e. The summed E-state index contributed by atoms with van der Waals surface area (Å²) in [5, 5.41) is 0. The van der Waals surface area contributed by atoms with E-state index in [1.807, 2.05) is 77.4 Å². The quantitative estimate of drug-likeness (QED) is 0.232. The van der Waals surface area contributed by atoms with Crippen LogP contribution in [0.5, 0.6) is 28.7 Å². The Labute approximate surface area is 269 Å². The Balaban J connectivity index is 1.17. The second kappa shape index (κ2) is 11.6. The molecule has 0 fully saturated rings. The Morgan fingerprint density at radius 2 is 1.74 bits per heavy atom. The van der Waals surface area contributed by atoms with Gasteiger partial charge in [0, 0.05) is 11.1 Å². The molecule has 3 heterocycles. The lowest BCUT2D eigenvalue weighted by Gasteiger charge is -2.31. The number of ether oxygens (including phenoxy) is 5. The van der Waals surface area contributed by atoms with Crippen molar-refractivity contribution in [3.8, 4) is 28.7 Å². The van der Waals surface area contributed by atoms with Crippen molar-refractivity contribution < 1.29 is 23.7 Å². The molecule has 5 aromatic rings. The summed E-state index contributed by atoms with van der Waals surface area (Å²) in [6.07, 6.45) is 3.58. The number of hydrogen-bond donors (Lipinski definition) is 0. The first-order valence-electron chi connectivity index (χ1n) is 15.1. The molecule has 0 radical (unpaired) electrons. The molecule has 8 nitrogen and oxygen atoms in total. The Morgan fingerprint density at radius 1 is 0.913 bits per heavy atom. The van der Waals surface area contributed by atoms with Crippen molar-refractivity contribution in [3.63, 3.8) is 0 Å². The molecular formula is C37H30N2O6S. The number of fused-ring (bicyclic) bond motifs is 4. The number of aromatic nitrogens is 1. The Hall–Kier alpha value is -5.28. The zero-order chi connectivity index (χ0) is 31.2. The maximum atomic E-state index is 14.2. The first-order chi connectivity index (χ1) is 22.6. The van der Waals surface area contributed by atoms with Crippen molar-refractivity contribution in [2.24, 2.45) is 4.99 Å². The van der Waals surface area contributed by atoms with Gasteiger partial charge in [-0.25, -0.2) is 4.99 Å². The normalized spacial score (nSPS) is 16.3. The fraction of sp³-hybridized carbons (Fsp3) is 0.189. The van der Waals surface area contributed by atoms with Crippen LogP contribution in [0, 0.1) is 0 Å². The van der Waals surface area contributed by atoms with E-state index in [1.165, 1.54) is 16.9 Å². The van der Waals surface area contributed by atoms with E-state index in [2.05, 4.69) is 18.2 Å². The molecule has 230 valence electrons. The van der Waals surface area contributed by atoms with E-state index in [0.717, 1.165) is 63.6 Å². The van der Waals surface area contributed by atoms with Crippen molar-refractivity contribution in [2.45, 2.75) is 25.5 Å². The molecule has 0 N–H and O–H groups in total. The number of rotatable bonds is 7. The predicted molar refractivity (Wildman–Crippen MR) is 176 cm³/mol. The van der Waals surface area contributed by atoms with Gasteiger partial charge in [0.15, 0.2) is 16.3 Å². The molecular weight excluding hydrogens is 600 g/mol. The number of hydrogen-bond acceptors (Lipinski definition) is 8. The molecule has 4 aromatic carbocycles. The zero-order valence-electron chi connectivity index (χ0n) is 25.3. The molecule has 0 unspecified atom stereocenters. The monoisotopic (exact) mass is 630 g/mol. The summed E-state index contributed by atoms with van der Waals surface area (Å²) in [5.41, 5.74) is 7.09. The van der Waals surface area contributed by atoms with Crippen molar-refractivity contribution in [3.05, 3.63) is 138 Å². The zero-order valence-corrected chi connectivity index (χ0v) is 26.1. The second-order valence-corrected chi connectivity index (χ2v) is 12.3. The Morgan fingerprint density at radius 3 is 2.59 bits per heavy atom. The average Bonchev–Trinajstić information content (AvgIpc) is 3.70. The lowest BCUT2D eigenvalue weighted by molar-refractivity contribution is 0.174. The summed E-state index contributed by atoms with van der Waals surface area (Å²) < 4.78 is 30.7. The highest BCUT2D eigenvalue weighted by Crippen LogP contribution is 2.44. The molecule has 8 rings (SSSR count). The third kappa shape index (κ3) is 4.93. The van der Waals surface area contributed by atoms with E-state index in [1.54, 1.807) is 14.2 Å². The molecule has 0 bridgehead atoms. The average molecular weight is 631 g/mol. The van der Waals surface area contributed by atoms with E-state index in [-0.39, 0.29) is 18.4 Å². The van der Waals surface area contributed by atoms with Gasteiger partial charge in [0.1, 0.15) is 23.9 Å². The molecule has 0 saturated heterocycles. The van der Waals surface area contributed by atoms with Gasteiger partial charge in [0.2, 0.25) is 6.79 Å². The summed E-state index contributed by atoms with van der Waals surface area (Å²) in [7, 11) is 3.30. The van der Waals surface area contributed by atoms with E-state index in [0.29, 0.717) is 27.4 Å². The van der Waals surface area contributed by atoms with Crippen LogP contribution < -0.4 is 38.6 Å². The van der Waals surface area contributed by atoms with Crippen LogP contribution in [0.25, 0.3) is 11.8 Å². The van der Waals surface area contributed by atoms with E-state index < -0.39 is 0 Å². The van der Waals surface area contributed by atoms with Crippen LogP contribution in [0.15, 0.2) is 100 Å². The first-order valence-corrected chi connectivity index (χ1v) is 15.9. The molecule has 0 saturated carbocycles. The minimum Gasteiger partial charge on any atom is -0.497 e. The largest absolute Gasteiger partial charge is 0.497 e. The van der Waals surface area contributed by atoms with Crippen LogP contribution in [0.1, 0.15) is 40.3 Å². The molecule has 1 aliphatic carbocycles. The Bertz CT molecular complexity index is 2200. The van der Waals surface area contributed by atoms with Gasteiger partial charge in [-0.2, -0.15) is 0 Å². The third-order valence-electron chi connectivity index (χ3n) is 8.62. The van der Waals surface area contributed by atoms with Crippen molar-refractivity contribution in [1.29, 1.82) is 0 Å². The standard InChI is InChI=1S/C37H30N2O6S/c1-41-26-13-16-30(42-2)29(19-26)35-28-14-10-24-5-3-4-6-27(24)34(28)38-37-39(35)36(40)33(46-37)18-22-7-11-25(12-8-22)43-20-23-9-15-31-32(17-23)45-21-44-31/h3-9,11-13,15-19,35H,10,14,20-21H2,1-2H3/t35-/m0/s1. The van der Waals surface area contributed by atoms with Gasteiger partial charge in [0.05, 0.1) is 30.5 Å². The highest BCUT2D eigenvalue weighted by molar-refractivity contribution is 7.07. The summed E-state index contributed by atoms with van der Waals surface area (Å²) in [5.74, 6) is 3.61. The SMILES string of the molecule is COc1ccc(OC)c([C@@H]2C3=C(N=c4sc(=Cc5ccc(OCc6ccc7c(c6)OCO7)cc5)c(=O)n42)c2ccccc2CC3)c1. The first kappa shape index (κ1) is 28.2. The Kier molecular flexibility index (Phi) is 7.10. The summed E-state index contributed by atoms with van der Waals surface area (Å²) in [4.78, 5) is 20.0. The fourth-order valence-corrected chi connectivity index (χ4v) is 7.36. The molecule has 0 amide bonds. The number of aryl methyl sites for hydroxylation is 1. The highest BCUT2D eigenvalue weighted by Gasteiger charge is 2.34. The molecule has 0 spiro atoms. The predicted octanol–water partition coefficient (Wildman–Crippen LogP) is 5.64. The van der Waals surface area contributed by atoms with E-state index in [4.69, 9.17) is 28.7 Å². The van der Waals surface area contributed by atoms with Gasteiger partial charge in [-0.1, -0.05) is 53.8 Å². The number of thiazole rings is 1. The van der Waals surface area contributed by atoms with Gasteiger partial charge in [0.25, 0.3) is 5.56 Å². The molecule has 1 aromatic heterocycles. The lowest BCUT2D eigenvalue weighted by Crippen LogP contribution is -2.39. The second-order valence-electron chi connectivity index (χ2n) is 11.3. The van der Waals surface area contributed by atoms with Crippen LogP contribution in [-0.2, 0) is 13.0 Å². The minimum absolute atomic E-state index is 0.0906. The molecule has 1 atom stereocenters. The maximum Gasteiger partial charge on any atom is 0.271 e. The number of nitrogens with zero attached hydrogens (tertiary/aromatic N) is 2.